The fourth-order valence-corrected chi connectivity index (χ4v) is 3.26. The van der Waals surface area contributed by atoms with Crippen molar-refractivity contribution in [3.05, 3.63) is 35.6 Å². The van der Waals surface area contributed by atoms with Gasteiger partial charge < -0.3 is 15.4 Å². The van der Waals surface area contributed by atoms with E-state index in [1.165, 1.54) is 12.1 Å². The van der Waals surface area contributed by atoms with E-state index in [2.05, 4.69) is 34.4 Å². The Labute approximate surface area is 157 Å². The molecule has 5 nitrogen and oxygen atoms in total. The molecule has 0 amide bonds. The fourth-order valence-electron chi connectivity index (χ4n) is 3.26. The third kappa shape index (κ3) is 7.30. The molecule has 0 spiro atoms. The highest BCUT2D eigenvalue weighted by Gasteiger charge is 2.22. The Morgan fingerprint density at radius 3 is 2.50 bits per heavy atom. The molecule has 1 aliphatic heterocycles. The molecule has 26 heavy (non-hydrogen) atoms. The van der Waals surface area contributed by atoms with Gasteiger partial charge in [-0.1, -0.05) is 26.0 Å². The molecule has 0 radical (unpaired) electrons. The van der Waals surface area contributed by atoms with Gasteiger partial charge in [-0.05, 0) is 36.5 Å². The summed E-state index contributed by atoms with van der Waals surface area (Å²) in [7, 11) is 1.79. The molecule has 0 bridgehead atoms. The lowest BCUT2D eigenvalue weighted by Gasteiger charge is -2.35. The van der Waals surface area contributed by atoms with E-state index in [-0.39, 0.29) is 5.82 Å². The Hall–Kier alpha value is -1.66. The fraction of sp³-hybridized carbons (Fsp3) is 0.650. The predicted molar refractivity (Wildman–Crippen MR) is 105 cm³/mol. The van der Waals surface area contributed by atoms with Gasteiger partial charge in [-0.15, -0.1) is 0 Å². The van der Waals surface area contributed by atoms with Crippen molar-refractivity contribution in [2.24, 2.45) is 10.9 Å². The number of guanidine groups is 1. The number of hydrogen-bond donors (Lipinski definition) is 2. The lowest BCUT2D eigenvalue weighted by molar-refractivity contribution is 0.0132. The van der Waals surface area contributed by atoms with E-state index in [9.17, 15) is 4.39 Å². The maximum atomic E-state index is 13.0. The third-order valence-corrected chi connectivity index (χ3v) is 4.65. The number of rotatable bonds is 8. The van der Waals surface area contributed by atoms with E-state index in [4.69, 9.17) is 4.74 Å². The second kappa shape index (κ2) is 11.1. The van der Waals surface area contributed by atoms with Crippen LogP contribution >= 0.6 is 0 Å². The van der Waals surface area contributed by atoms with Crippen LogP contribution in [-0.4, -0.2) is 63.3 Å². The van der Waals surface area contributed by atoms with Crippen LogP contribution < -0.4 is 10.6 Å². The van der Waals surface area contributed by atoms with E-state index >= 15 is 0 Å². The van der Waals surface area contributed by atoms with Crippen LogP contribution in [0.15, 0.2) is 29.3 Å². The summed E-state index contributed by atoms with van der Waals surface area (Å²) in [5, 5.41) is 6.81. The van der Waals surface area contributed by atoms with Crippen LogP contribution in [0.2, 0.25) is 0 Å². The molecule has 146 valence electrons. The van der Waals surface area contributed by atoms with Crippen molar-refractivity contribution in [1.82, 2.24) is 15.5 Å². The van der Waals surface area contributed by atoms with Gasteiger partial charge in [-0.25, -0.2) is 4.39 Å². The summed E-state index contributed by atoms with van der Waals surface area (Å²) in [5.41, 5.74) is 1.11. The molecule has 1 unspecified atom stereocenters. The molecular formula is C20H33FN4O. The minimum Gasteiger partial charge on any atom is -0.379 e. The Bertz CT molecular complexity index is 541. The Morgan fingerprint density at radius 2 is 1.88 bits per heavy atom. The summed E-state index contributed by atoms with van der Waals surface area (Å²) >= 11 is 0. The first-order chi connectivity index (χ1) is 12.6. The molecule has 1 aliphatic rings. The van der Waals surface area contributed by atoms with Gasteiger partial charge in [0.15, 0.2) is 5.96 Å². The minimum absolute atomic E-state index is 0.196. The topological polar surface area (TPSA) is 48.9 Å². The summed E-state index contributed by atoms with van der Waals surface area (Å²) in [6.45, 7) is 9.79. The summed E-state index contributed by atoms with van der Waals surface area (Å²) in [4.78, 5) is 6.84. The van der Waals surface area contributed by atoms with Crippen LogP contribution in [0.25, 0.3) is 0 Å². The van der Waals surface area contributed by atoms with Crippen LogP contribution in [0.1, 0.15) is 25.8 Å². The van der Waals surface area contributed by atoms with Crippen molar-refractivity contribution in [3.63, 3.8) is 0 Å². The highest BCUT2D eigenvalue weighted by Crippen LogP contribution is 2.13. The Kier molecular flexibility index (Phi) is 8.85. The zero-order chi connectivity index (χ0) is 18.8. The zero-order valence-electron chi connectivity index (χ0n) is 16.3. The highest BCUT2D eigenvalue weighted by molar-refractivity contribution is 5.79. The molecule has 1 atom stereocenters. The number of morpholine rings is 1. The van der Waals surface area contributed by atoms with Crippen molar-refractivity contribution in [3.8, 4) is 0 Å². The van der Waals surface area contributed by atoms with Crippen molar-refractivity contribution in [1.29, 1.82) is 0 Å². The van der Waals surface area contributed by atoms with Gasteiger partial charge in [0.1, 0.15) is 5.82 Å². The maximum absolute atomic E-state index is 13.0. The molecule has 1 aromatic carbocycles. The second-order valence-electron chi connectivity index (χ2n) is 7.19. The Balaban J connectivity index is 1.78. The van der Waals surface area contributed by atoms with E-state index in [0.29, 0.717) is 12.0 Å². The van der Waals surface area contributed by atoms with E-state index in [0.717, 1.165) is 63.8 Å². The molecule has 6 heteroatoms. The van der Waals surface area contributed by atoms with Gasteiger partial charge in [0.2, 0.25) is 0 Å². The summed E-state index contributed by atoms with van der Waals surface area (Å²) in [6.07, 6.45) is 1.99. The molecule has 2 N–H and O–H groups in total. The molecule has 0 aliphatic carbocycles. The number of hydrogen-bond acceptors (Lipinski definition) is 3. The number of benzene rings is 1. The SMILES string of the molecule is CN=C(NCCc1ccc(F)cc1)NCC(CC(C)C)N1CCOCC1. The second-order valence-corrected chi connectivity index (χ2v) is 7.19. The van der Waals surface area contributed by atoms with Crippen molar-refractivity contribution >= 4 is 5.96 Å². The van der Waals surface area contributed by atoms with Gasteiger partial charge in [-0.2, -0.15) is 0 Å². The molecular weight excluding hydrogens is 331 g/mol. The summed E-state index contributed by atoms with van der Waals surface area (Å²) in [6, 6.07) is 7.13. The average Bonchev–Trinajstić information content (AvgIpc) is 2.65. The first-order valence-electron chi connectivity index (χ1n) is 9.59. The molecule has 2 rings (SSSR count). The highest BCUT2D eigenvalue weighted by atomic mass is 19.1. The van der Waals surface area contributed by atoms with Gasteiger partial charge in [0.05, 0.1) is 13.2 Å². The number of halogens is 1. The maximum Gasteiger partial charge on any atom is 0.191 e. The van der Waals surface area contributed by atoms with E-state index < -0.39 is 0 Å². The minimum atomic E-state index is -0.196. The average molecular weight is 365 g/mol. The van der Waals surface area contributed by atoms with E-state index in [1.807, 2.05) is 12.1 Å². The van der Waals surface area contributed by atoms with E-state index in [1.54, 1.807) is 7.05 Å². The smallest absolute Gasteiger partial charge is 0.191 e. The largest absolute Gasteiger partial charge is 0.379 e. The molecule has 0 saturated carbocycles. The van der Waals surface area contributed by atoms with Crippen LogP contribution in [0.4, 0.5) is 4.39 Å². The molecule has 0 aromatic heterocycles. The van der Waals surface area contributed by atoms with Crippen LogP contribution in [0, 0.1) is 11.7 Å². The van der Waals surface area contributed by atoms with Gasteiger partial charge in [0, 0.05) is 39.3 Å². The van der Waals surface area contributed by atoms with Crippen LogP contribution in [0.3, 0.4) is 0 Å². The van der Waals surface area contributed by atoms with Crippen molar-refractivity contribution in [2.75, 3.05) is 46.4 Å². The monoisotopic (exact) mass is 364 g/mol. The number of aliphatic imine (C=N–C) groups is 1. The quantitative estimate of drug-likeness (QED) is 0.549. The van der Waals surface area contributed by atoms with Gasteiger partial charge in [-0.3, -0.25) is 9.89 Å². The first kappa shape index (κ1) is 20.6. The van der Waals surface area contributed by atoms with Crippen molar-refractivity contribution < 1.29 is 9.13 Å². The summed E-state index contributed by atoms with van der Waals surface area (Å²) < 4.78 is 18.4. The number of nitrogens with one attached hydrogen (secondary N) is 2. The first-order valence-corrected chi connectivity index (χ1v) is 9.59. The standard InChI is InChI=1S/C20H33FN4O/c1-16(2)14-19(25-10-12-26-13-11-25)15-24-20(22-3)23-9-8-17-4-6-18(21)7-5-17/h4-7,16,19H,8-15H2,1-3H3,(H2,22,23,24). The molecule has 1 saturated heterocycles. The lowest BCUT2D eigenvalue weighted by atomic mass is 10.0. The normalized spacial score (nSPS) is 17.3. The number of nitrogens with zero attached hydrogens (tertiary/aromatic N) is 2. The Morgan fingerprint density at radius 1 is 1.19 bits per heavy atom. The van der Waals surface area contributed by atoms with Crippen LogP contribution in [0.5, 0.6) is 0 Å². The van der Waals surface area contributed by atoms with Gasteiger partial charge >= 0.3 is 0 Å². The molecule has 1 fully saturated rings. The van der Waals surface area contributed by atoms with Gasteiger partial charge in [0.25, 0.3) is 0 Å². The van der Waals surface area contributed by atoms with Crippen molar-refractivity contribution in [2.45, 2.75) is 32.7 Å². The molecule has 1 heterocycles. The van der Waals surface area contributed by atoms with Crippen LogP contribution in [-0.2, 0) is 11.2 Å². The number of ether oxygens (including phenoxy) is 1. The molecule has 1 aromatic rings. The third-order valence-electron chi connectivity index (χ3n) is 4.65. The predicted octanol–water partition coefficient (Wildman–Crippen LogP) is 2.28. The lowest BCUT2D eigenvalue weighted by Crippen LogP contribution is -2.51. The summed E-state index contributed by atoms with van der Waals surface area (Å²) in [5.74, 6) is 1.27. The zero-order valence-corrected chi connectivity index (χ0v) is 16.3.